The molecule has 0 amide bonds. The number of ketones is 1. The minimum atomic E-state index is -0.159. The summed E-state index contributed by atoms with van der Waals surface area (Å²) in [7, 11) is 0. The zero-order chi connectivity index (χ0) is 11.8. The summed E-state index contributed by atoms with van der Waals surface area (Å²) in [4.78, 5) is 14.1. The Hall–Kier alpha value is -0.410. The van der Waals surface area contributed by atoms with E-state index in [1.54, 1.807) is 0 Å². The van der Waals surface area contributed by atoms with Gasteiger partial charge in [-0.05, 0) is 25.7 Å². The minimum Gasteiger partial charge on any atom is -0.391 e. The number of carbonyl (C=O) groups is 1. The number of fused-ring (bicyclic) bond motifs is 2. The van der Waals surface area contributed by atoms with Crippen LogP contribution in [-0.2, 0) is 4.79 Å². The predicted octanol–water partition coefficient (Wildman–Crippen LogP) is 1.88. The van der Waals surface area contributed by atoms with E-state index in [1.165, 1.54) is 32.1 Å². The first-order valence-electron chi connectivity index (χ1n) is 7.23. The molecule has 1 saturated carbocycles. The van der Waals surface area contributed by atoms with E-state index in [4.69, 9.17) is 0 Å². The summed E-state index contributed by atoms with van der Waals surface area (Å²) in [6.07, 6.45) is 9.39. The highest BCUT2D eigenvalue weighted by Crippen LogP contribution is 2.38. The van der Waals surface area contributed by atoms with Crippen molar-refractivity contribution in [1.82, 2.24) is 4.90 Å². The topological polar surface area (TPSA) is 40.5 Å². The van der Waals surface area contributed by atoms with Gasteiger partial charge >= 0.3 is 0 Å². The smallest absolute Gasteiger partial charge is 0.136 e. The largest absolute Gasteiger partial charge is 0.391 e. The van der Waals surface area contributed by atoms with Gasteiger partial charge in [-0.3, -0.25) is 9.69 Å². The normalized spacial score (nSPS) is 43.7. The van der Waals surface area contributed by atoms with Crippen molar-refractivity contribution in [2.24, 2.45) is 0 Å². The molecular formula is C14H23NO2. The fourth-order valence-corrected chi connectivity index (χ4v) is 4.16. The lowest BCUT2D eigenvalue weighted by atomic mass is 9.94. The number of carbonyl (C=O) groups excluding carboxylic acids is 1. The number of aliphatic hydroxyl groups excluding tert-OH is 1. The summed E-state index contributed by atoms with van der Waals surface area (Å²) in [5, 5.41) is 10.3. The lowest BCUT2D eigenvalue weighted by Crippen LogP contribution is -2.53. The number of Topliss-reactive ketones (excluding diaryl/α,β-unsaturated/α-hetero) is 1. The SMILES string of the molecule is O=C1CC2CCC(C1)N2C1CCCCCC1O. The van der Waals surface area contributed by atoms with Crippen LogP contribution in [0, 0.1) is 0 Å². The Morgan fingerprint density at radius 3 is 2.29 bits per heavy atom. The number of rotatable bonds is 1. The van der Waals surface area contributed by atoms with Gasteiger partial charge in [-0.15, -0.1) is 0 Å². The molecule has 0 spiro atoms. The van der Waals surface area contributed by atoms with Crippen LogP contribution in [0.15, 0.2) is 0 Å². The monoisotopic (exact) mass is 237 g/mol. The molecule has 3 aliphatic rings. The maximum absolute atomic E-state index is 11.6. The second-order valence-electron chi connectivity index (χ2n) is 6.05. The molecule has 2 bridgehead atoms. The Morgan fingerprint density at radius 2 is 1.59 bits per heavy atom. The molecule has 96 valence electrons. The lowest BCUT2D eigenvalue weighted by molar-refractivity contribution is -0.125. The van der Waals surface area contributed by atoms with Crippen LogP contribution in [0.3, 0.4) is 0 Å². The molecule has 4 unspecified atom stereocenters. The number of hydrogen-bond donors (Lipinski definition) is 1. The molecule has 0 aromatic heterocycles. The summed E-state index contributed by atoms with van der Waals surface area (Å²) in [5.41, 5.74) is 0. The average Bonchev–Trinajstić information content (AvgIpc) is 2.50. The number of hydrogen-bond acceptors (Lipinski definition) is 3. The fourth-order valence-electron chi connectivity index (χ4n) is 4.16. The Labute approximate surface area is 103 Å². The van der Waals surface area contributed by atoms with Crippen LogP contribution in [-0.4, -0.2) is 40.0 Å². The van der Waals surface area contributed by atoms with Crippen LogP contribution >= 0.6 is 0 Å². The molecule has 3 nitrogen and oxygen atoms in total. The Bertz CT molecular complexity index is 289. The van der Waals surface area contributed by atoms with Gasteiger partial charge in [-0.1, -0.05) is 19.3 Å². The highest BCUT2D eigenvalue weighted by molar-refractivity contribution is 5.81. The Kier molecular flexibility index (Phi) is 3.22. The second-order valence-corrected chi connectivity index (χ2v) is 6.05. The molecule has 1 aliphatic carbocycles. The third-order valence-electron chi connectivity index (χ3n) is 4.93. The standard InChI is InChI=1S/C14H23NO2/c16-12-8-10-6-7-11(9-12)15(10)13-4-2-1-3-5-14(13)17/h10-11,13-14,17H,1-9H2. The van der Waals surface area contributed by atoms with E-state index in [2.05, 4.69) is 4.90 Å². The van der Waals surface area contributed by atoms with E-state index in [9.17, 15) is 9.90 Å². The van der Waals surface area contributed by atoms with Gasteiger partial charge in [0, 0.05) is 31.0 Å². The van der Waals surface area contributed by atoms with Gasteiger partial charge < -0.3 is 5.11 Å². The van der Waals surface area contributed by atoms with Crippen molar-refractivity contribution in [2.75, 3.05) is 0 Å². The third kappa shape index (κ3) is 2.15. The van der Waals surface area contributed by atoms with E-state index >= 15 is 0 Å². The zero-order valence-electron chi connectivity index (χ0n) is 10.5. The summed E-state index contributed by atoms with van der Waals surface area (Å²) in [6.45, 7) is 0. The lowest BCUT2D eigenvalue weighted by Gasteiger charge is -2.41. The maximum Gasteiger partial charge on any atom is 0.136 e. The predicted molar refractivity (Wildman–Crippen MR) is 65.8 cm³/mol. The van der Waals surface area contributed by atoms with Crippen LogP contribution in [0.5, 0.6) is 0 Å². The summed E-state index contributed by atoms with van der Waals surface area (Å²) < 4.78 is 0. The van der Waals surface area contributed by atoms with Crippen molar-refractivity contribution in [3.8, 4) is 0 Å². The maximum atomic E-state index is 11.6. The number of piperidine rings is 1. The van der Waals surface area contributed by atoms with Gasteiger partial charge in [-0.25, -0.2) is 0 Å². The molecule has 0 aromatic carbocycles. The van der Waals surface area contributed by atoms with E-state index in [-0.39, 0.29) is 6.10 Å². The van der Waals surface area contributed by atoms with Crippen LogP contribution in [0.4, 0.5) is 0 Å². The van der Waals surface area contributed by atoms with Crippen molar-refractivity contribution >= 4 is 5.78 Å². The van der Waals surface area contributed by atoms with Gasteiger partial charge in [0.25, 0.3) is 0 Å². The third-order valence-corrected chi connectivity index (χ3v) is 4.93. The summed E-state index contributed by atoms with van der Waals surface area (Å²) in [6, 6.07) is 1.22. The van der Waals surface area contributed by atoms with E-state index in [0.717, 1.165) is 25.7 Å². The molecule has 0 aromatic rings. The first-order chi connectivity index (χ1) is 8.25. The van der Waals surface area contributed by atoms with Crippen molar-refractivity contribution in [3.05, 3.63) is 0 Å². The van der Waals surface area contributed by atoms with Crippen molar-refractivity contribution in [3.63, 3.8) is 0 Å². The molecule has 2 aliphatic heterocycles. The molecule has 1 N–H and O–H groups in total. The zero-order valence-corrected chi connectivity index (χ0v) is 10.5. The van der Waals surface area contributed by atoms with Crippen molar-refractivity contribution in [1.29, 1.82) is 0 Å². The molecule has 17 heavy (non-hydrogen) atoms. The van der Waals surface area contributed by atoms with Crippen LogP contribution in [0.2, 0.25) is 0 Å². The first-order valence-corrected chi connectivity index (χ1v) is 7.23. The van der Waals surface area contributed by atoms with Gasteiger partial charge in [-0.2, -0.15) is 0 Å². The molecule has 4 atom stereocenters. The van der Waals surface area contributed by atoms with E-state index < -0.39 is 0 Å². The summed E-state index contributed by atoms with van der Waals surface area (Å²) >= 11 is 0. The average molecular weight is 237 g/mol. The number of aliphatic hydroxyl groups is 1. The van der Waals surface area contributed by atoms with Crippen molar-refractivity contribution < 1.29 is 9.90 Å². The highest BCUT2D eigenvalue weighted by Gasteiger charge is 2.45. The van der Waals surface area contributed by atoms with Crippen LogP contribution < -0.4 is 0 Å². The molecule has 3 heteroatoms. The van der Waals surface area contributed by atoms with Gasteiger partial charge in [0.1, 0.15) is 5.78 Å². The van der Waals surface area contributed by atoms with Crippen LogP contribution in [0.1, 0.15) is 57.8 Å². The molecule has 2 saturated heterocycles. The molecule has 3 fully saturated rings. The summed E-state index contributed by atoms with van der Waals surface area (Å²) in [5.74, 6) is 0.442. The quantitative estimate of drug-likeness (QED) is 0.708. The van der Waals surface area contributed by atoms with Gasteiger partial charge in [0.2, 0.25) is 0 Å². The minimum absolute atomic E-state index is 0.159. The molecular weight excluding hydrogens is 214 g/mol. The fraction of sp³-hybridized carbons (Fsp3) is 0.929. The van der Waals surface area contributed by atoms with Gasteiger partial charge in [0.15, 0.2) is 0 Å². The van der Waals surface area contributed by atoms with Crippen LogP contribution in [0.25, 0.3) is 0 Å². The molecule has 2 heterocycles. The number of nitrogens with zero attached hydrogens (tertiary/aromatic N) is 1. The van der Waals surface area contributed by atoms with E-state index in [0.29, 0.717) is 23.9 Å². The van der Waals surface area contributed by atoms with Crippen molar-refractivity contribution in [2.45, 2.75) is 82.0 Å². The van der Waals surface area contributed by atoms with E-state index in [1.807, 2.05) is 0 Å². The molecule has 3 rings (SSSR count). The van der Waals surface area contributed by atoms with Gasteiger partial charge in [0.05, 0.1) is 6.10 Å². The second kappa shape index (κ2) is 4.69. The first kappa shape index (κ1) is 11.7. The highest BCUT2D eigenvalue weighted by atomic mass is 16.3. The Morgan fingerprint density at radius 1 is 0.941 bits per heavy atom. The molecule has 0 radical (unpaired) electrons. The Balaban J connectivity index is 1.76.